The summed E-state index contributed by atoms with van der Waals surface area (Å²) in [7, 11) is 1.97. The van der Waals surface area contributed by atoms with Gasteiger partial charge in [0.2, 0.25) is 0 Å². The van der Waals surface area contributed by atoms with Crippen LogP contribution in [0.25, 0.3) is 11.0 Å². The largest absolute Gasteiger partial charge is 0.464 e. The van der Waals surface area contributed by atoms with Crippen molar-refractivity contribution in [1.29, 1.82) is 0 Å². The van der Waals surface area contributed by atoms with Gasteiger partial charge in [0.25, 0.3) is 0 Å². The Labute approximate surface area is 106 Å². The molecule has 1 aliphatic heterocycles. The number of rotatable bonds is 3. The summed E-state index contributed by atoms with van der Waals surface area (Å²) >= 11 is 0. The molecule has 4 heteroatoms. The molecule has 1 fully saturated rings. The fraction of sp³-hybridized carbons (Fsp3) is 0.429. The molecule has 2 unspecified atom stereocenters. The second-order valence-corrected chi connectivity index (χ2v) is 4.59. The van der Waals surface area contributed by atoms with Gasteiger partial charge >= 0.3 is 0 Å². The molecule has 1 saturated heterocycles. The highest BCUT2D eigenvalue weighted by Crippen LogP contribution is 2.28. The SMILES string of the molecule is CNC(c1coc2ccccc12)C1COCCN1. The highest BCUT2D eigenvalue weighted by molar-refractivity contribution is 5.81. The van der Waals surface area contributed by atoms with Gasteiger partial charge in [-0.25, -0.2) is 0 Å². The molecule has 0 radical (unpaired) electrons. The van der Waals surface area contributed by atoms with Gasteiger partial charge < -0.3 is 19.8 Å². The van der Waals surface area contributed by atoms with Crippen molar-refractivity contribution in [2.75, 3.05) is 26.8 Å². The fourth-order valence-electron chi connectivity index (χ4n) is 2.61. The number of fused-ring (bicyclic) bond motifs is 1. The fourth-order valence-corrected chi connectivity index (χ4v) is 2.61. The number of para-hydroxylation sites is 1. The number of hydrogen-bond donors (Lipinski definition) is 2. The van der Waals surface area contributed by atoms with E-state index in [1.54, 1.807) is 0 Å². The molecule has 4 nitrogen and oxygen atoms in total. The van der Waals surface area contributed by atoms with Crippen LogP contribution in [0.2, 0.25) is 0 Å². The third-order valence-electron chi connectivity index (χ3n) is 3.51. The smallest absolute Gasteiger partial charge is 0.134 e. The van der Waals surface area contributed by atoms with Gasteiger partial charge in [-0.1, -0.05) is 18.2 Å². The third-order valence-corrected chi connectivity index (χ3v) is 3.51. The number of morpholine rings is 1. The van der Waals surface area contributed by atoms with Crippen molar-refractivity contribution < 1.29 is 9.15 Å². The first-order valence-corrected chi connectivity index (χ1v) is 6.34. The number of benzene rings is 1. The highest BCUT2D eigenvalue weighted by Gasteiger charge is 2.26. The summed E-state index contributed by atoms with van der Waals surface area (Å²) < 4.78 is 11.2. The molecule has 2 heterocycles. The Morgan fingerprint density at radius 3 is 3.06 bits per heavy atom. The maximum Gasteiger partial charge on any atom is 0.134 e. The molecule has 1 aromatic carbocycles. The number of furan rings is 1. The maximum atomic E-state index is 5.61. The average molecular weight is 246 g/mol. The number of likely N-dealkylation sites (N-methyl/N-ethyl adjacent to an activating group) is 1. The monoisotopic (exact) mass is 246 g/mol. The van der Waals surface area contributed by atoms with Gasteiger partial charge in [-0.15, -0.1) is 0 Å². The van der Waals surface area contributed by atoms with E-state index in [1.807, 2.05) is 31.5 Å². The topological polar surface area (TPSA) is 46.4 Å². The Kier molecular flexibility index (Phi) is 3.32. The van der Waals surface area contributed by atoms with Crippen LogP contribution in [0, 0.1) is 0 Å². The van der Waals surface area contributed by atoms with Gasteiger partial charge in [0.15, 0.2) is 0 Å². The van der Waals surface area contributed by atoms with Gasteiger partial charge in [0.05, 0.1) is 31.6 Å². The number of nitrogens with one attached hydrogen (secondary N) is 2. The van der Waals surface area contributed by atoms with E-state index in [9.17, 15) is 0 Å². The third kappa shape index (κ3) is 2.03. The molecule has 2 N–H and O–H groups in total. The van der Waals surface area contributed by atoms with Crippen LogP contribution in [0.5, 0.6) is 0 Å². The van der Waals surface area contributed by atoms with E-state index >= 15 is 0 Å². The average Bonchev–Trinajstić information content (AvgIpc) is 2.85. The van der Waals surface area contributed by atoms with Crippen molar-refractivity contribution in [2.24, 2.45) is 0 Å². The Morgan fingerprint density at radius 2 is 2.28 bits per heavy atom. The van der Waals surface area contributed by atoms with Crippen LogP contribution in [0.4, 0.5) is 0 Å². The summed E-state index contributed by atoms with van der Waals surface area (Å²) in [6.45, 7) is 2.42. The van der Waals surface area contributed by atoms with Gasteiger partial charge in [0.1, 0.15) is 5.58 Å². The molecular formula is C14H18N2O2. The Balaban J connectivity index is 1.95. The molecule has 18 heavy (non-hydrogen) atoms. The lowest BCUT2D eigenvalue weighted by molar-refractivity contribution is 0.0646. The lowest BCUT2D eigenvalue weighted by Crippen LogP contribution is -2.48. The van der Waals surface area contributed by atoms with Crippen LogP contribution in [0.15, 0.2) is 34.9 Å². The lowest BCUT2D eigenvalue weighted by atomic mass is 9.98. The molecule has 0 saturated carbocycles. The zero-order valence-corrected chi connectivity index (χ0v) is 10.5. The van der Waals surface area contributed by atoms with Crippen molar-refractivity contribution in [3.63, 3.8) is 0 Å². The van der Waals surface area contributed by atoms with Crippen molar-refractivity contribution in [3.05, 3.63) is 36.1 Å². The molecule has 1 aliphatic rings. The normalized spacial score (nSPS) is 22.2. The summed E-state index contributed by atoms with van der Waals surface area (Å²) in [6.07, 6.45) is 1.85. The van der Waals surface area contributed by atoms with Crippen molar-refractivity contribution >= 4 is 11.0 Å². The van der Waals surface area contributed by atoms with Gasteiger partial charge in [-0.2, -0.15) is 0 Å². The zero-order valence-electron chi connectivity index (χ0n) is 10.5. The molecule has 96 valence electrons. The van der Waals surface area contributed by atoms with E-state index in [-0.39, 0.29) is 12.1 Å². The van der Waals surface area contributed by atoms with Crippen LogP contribution in [0.1, 0.15) is 11.6 Å². The molecule has 1 aromatic heterocycles. The van der Waals surface area contributed by atoms with Crippen LogP contribution >= 0.6 is 0 Å². The minimum absolute atomic E-state index is 0.203. The molecule has 0 amide bonds. The van der Waals surface area contributed by atoms with Gasteiger partial charge in [-0.05, 0) is 13.1 Å². The van der Waals surface area contributed by atoms with E-state index in [2.05, 4.69) is 16.7 Å². The van der Waals surface area contributed by atoms with Crippen molar-refractivity contribution in [2.45, 2.75) is 12.1 Å². The van der Waals surface area contributed by atoms with Crippen molar-refractivity contribution in [1.82, 2.24) is 10.6 Å². The van der Waals surface area contributed by atoms with E-state index in [0.29, 0.717) is 0 Å². The quantitative estimate of drug-likeness (QED) is 0.865. The van der Waals surface area contributed by atoms with Crippen LogP contribution in [-0.4, -0.2) is 32.8 Å². The Morgan fingerprint density at radius 1 is 1.39 bits per heavy atom. The summed E-state index contributed by atoms with van der Waals surface area (Å²) in [5, 5.41) is 8.03. The lowest BCUT2D eigenvalue weighted by Gasteiger charge is -2.30. The standard InChI is InChI=1S/C14H18N2O2/c1-15-14(12-9-17-7-6-16-12)11-8-18-13-5-3-2-4-10(11)13/h2-5,8,12,14-16H,6-7,9H2,1H3. The Bertz CT molecular complexity index is 517. The Hall–Kier alpha value is -1.36. The molecule has 0 bridgehead atoms. The van der Waals surface area contributed by atoms with E-state index in [4.69, 9.17) is 9.15 Å². The first-order valence-electron chi connectivity index (χ1n) is 6.34. The molecule has 2 atom stereocenters. The summed E-state index contributed by atoms with van der Waals surface area (Å²) in [5.41, 5.74) is 2.13. The van der Waals surface area contributed by atoms with E-state index in [0.717, 1.165) is 25.3 Å². The van der Waals surface area contributed by atoms with E-state index < -0.39 is 0 Å². The van der Waals surface area contributed by atoms with Crippen LogP contribution in [0.3, 0.4) is 0 Å². The number of ether oxygens (including phenoxy) is 1. The maximum absolute atomic E-state index is 5.61. The molecule has 3 rings (SSSR count). The minimum Gasteiger partial charge on any atom is -0.464 e. The van der Waals surface area contributed by atoms with Crippen LogP contribution < -0.4 is 10.6 Å². The zero-order chi connectivity index (χ0) is 12.4. The molecule has 0 aliphatic carbocycles. The van der Waals surface area contributed by atoms with Gasteiger partial charge in [0, 0.05) is 17.5 Å². The first kappa shape index (κ1) is 11.7. The highest BCUT2D eigenvalue weighted by atomic mass is 16.5. The first-order chi connectivity index (χ1) is 8.90. The molecule has 0 spiro atoms. The van der Waals surface area contributed by atoms with E-state index in [1.165, 1.54) is 10.9 Å². The summed E-state index contributed by atoms with van der Waals surface area (Å²) in [4.78, 5) is 0. The predicted molar refractivity (Wildman–Crippen MR) is 70.6 cm³/mol. The van der Waals surface area contributed by atoms with Gasteiger partial charge in [-0.3, -0.25) is 0 Å². The van der Waals surface area contributed by atoms with Crippen molar-refractivity contribution in [3.8, 4) is 0 Å². The number of hydrogen-bond acceptors (Lipinski definition) is 4. The van der Waals surface area contributed by atoms with Crippen LogP contribution in [-0.2, 0) is 4.74 Å². The summed E-state index contributed by atoms with van der Waals surface area (Å²) in [6, 6.07) is 8.61. The summed E-state index contributed by atoms with van der Waals surface area (Å²) in [5.74, 6) is 0. The molecule has 2 aromatic rings. The second-order valence-electron chi connectivity index (χ2n) is 4.59. The minimum atomic E-state index is 0.203. The molecular weight excluding hydrogens is 228 g/mol. The predicted octanol–water partition coefficient (Wildman–Crippen LogP) is 1.68. The second kappa shape index (κ2) is 5.10.